The molecular formula is C19H20N2O2. The van der Waals surface area contributed by atoms with Crippen molar-refractivity contribution in [1.82, 2.24) is 5.01 Å². The summed E-state index contributed by atoms with van der Waals surface area (Å²) >= 11 is 0. The van der Waals surface area contributed by atoms with Crippen LogP contribution in [0.5, 0.6) is 5.75 Å². The van der Waals surface area contributed by atoms with E-state index < -0.39 is 0 Å². The fraction of sp³-hybridized carbons (Fsp3) is 0.263. The first-order valence-corrected chi connectivity index (χ1v) is 7.77. The normalized spacial score (nSPS) is 13.8. The van der Waals surface area contributed by atoms with Crippen LogP contribution in [0.25, 0.3) is 0 Å². The molecule has 0 fully saturated rings. The lowest BCUT2D eigenvalue weighted by atomic mass is 10.1. The molecule has 0 atom stereocenters. The van der Waals surface area contributed by atoms with Gasteiger partial charge in [-0.1, -0.05) is 48.0 Å². The average molecular weight is 308 g/mol. The number of amides is 1. The van der Waals surface area contributed by atoms with Crippen LogP contribution in [-0.2, 0) is 4.79 Å². The Labute approximate surface area is 136 Å². The van der Waals surface area contributed by atoms with Crippen LogP contribution < -0.4 is 4.74 Å². The molecule has 0 aromatic heterocycles. The van der Waals surface area contributed by atoms with Crippen molar-refractivity contribution in [3.05, 3.63) is 65.2 Å². The maximum Gasteiger partial charge on any atom is 0.280 e. The molecule has 0 aliphatic carbocycles. The van der Waals surface area contributed by atoms with Gasteiger partial charge in [-0.15, -0.1) is 0 Å². The summed E-state index contributed by atoms with van der Waals surface area (Å²) in [5.41, 5.74) is 4.23. The fourth-order valence-electron chi connectivity index (χ4n) is 2.65. The van der Waals surface area contributed by atoms with Gasteiger partial charge in [0.1, 0.15) is 5.75 Å². The van der Waals surface area contributed by atoms with Crippen LogP contribution in [-0.4, -0.2) is 29.8 Å². The summed E-state index contributed by atoms with van der Waals surface area (Å²) in [6.45, 7) is 4.63. The van der Waals surface area contributed by atoms with Crippen molar-refractivity contribution in [3.8, 4) is 5.75 Å². The van der Waals surface area contributed by atoms with Gasteiger partial charge in [0, 0.05) is 6.42 Å². The lowest BCUT2D eigenvalue weighted by Crippen LogP contribution is -2.28. The Morgan fingerprint density at radius 1 is 1.17 bits per heavy atom. The molecule has 0 saturated heterocycles. The van der Waals surface area contributed by atoms with Crippen molar-refractivity contribution in [2.75, 3.05) is 13.2 Å². The molecule has 0 N–H and O–H groups in total. The van der Waals surface area contributed by atoms with Gasteiger partial charge in [-0.25, -0.2) is 5.01 Å². The second kappa shape index (κ2) is 6.65. The third kappa shape index (κ3) is 3.59. The van der Waals surface area contributed by atoms with Crippen LogP contribution in [0, 0.1) is 13.8 Å². The van der Waals surface area contributed by atoms with E-state index in [2.05, 4.69) is 5.10 Å². The third-order valence-electron chi connectivity index (χ3n) is 3.88. The Morgan fingerprint density at radius 2 is 1.96 bits per heavy atom. The highest BCUT2D eigenvalue weighted by atomic mass is 16.5. The van der Waals surface area contributed by atoms with Gasteiger partial charge >= 0.3 is 0 Å². The molecule has 0 spiro atoms. The molecule has 118 valence electrons. The number of carbonyl (C=O) groups is 1. The first-order chi connectivity index (χ1) is 11.1. The van der Waals surface area contributed by atoms with Gasteiger partial charge in [0.15, 0.2) is 6.61 Å². The second-order valence-corrected chi connectivity index (χ2v) is 5.74. The van der Waals surface area contributed by atoms with Crippen molar-refractivity contribution in [1.29, 1.82) is 0 Å². The van der Waals surface area contributed by atoms with Crippen molar-refractivity contribution in [2.45, 2.75) is 20.3 Å². The number of hydrazone groups is 1. The molecule has 4 heteroatoms. The summed E-state index contributed by atoms with van der Waals surface area (Å²) in [6, 6.07) is 15.9. The van der Waals surface area contributed by atoms with Gasteiger partial charge in [0.2, 0.25) is 0 Å². The van der Waals surface area contributed by atoms with Crippen LogP contribution in [0.4, 0.5) is 0 Å². The summed E-state index contributed by atoms with van der Waals surface area (Å²) in [5, 5.41) is 5.93. The minimum atomic E-state index is -0.115. The number of aryl methyl sites for hydroxylation is 2. The van der Waals surface area contributed by atoms with Crippen LogP contribution in [0.15, 0.2) is 53.6 Å². The Hall–Kier alpha value is -2.62. The molecule has 1 aliphatic rings. The molecular weight excluding hydrogens is 288 g/mol. The molecule has 0 radical (unpaired) electrons. The summed E-state index contributed by atoms with van der Waals surface area (Å²) in [7, 11) is 0. The second-order valence-electron chi connectivity index (χ2n) is 5.74. The van der Waals surface area contributed by atoms with Gasteiger partial charge in [0.25, 0.3) is 5.91 Å². The molecule has 3 rings (SSSR count). The monoisotopic (exact) mass is 308 g/mol. The van der Waals surface area contributed by atoms with E-state index in [9.17, 15) is 4.79 Å². The van der Waals surface area contributed by atoms with Crippen LogP contribution in [0.1, 0.15) is 23.1 Å². The molecule has 4 nitrogen and oxygen atoms in total. The number of hydrogen-bond donors (Lipinski definition) is 0. The van der Waals surface area contributed by atoms with Crippen molar-refractivity contribution < 1.29 is 9.53 Å². The number of nitrogens with zero attached hydrogens (tertiary/aromatic N) is 2. The number of hydrogen-bond acceptors (Lipinski definition) is 3. The Morgan fingerprint density at radius 3 is 2.70 bits per heavy atom. The smallest absolute Gasteiger partial charge is 0.280 e. The van der Waals surface area contributed by atoms with Crippen LogP contribution in [0.2, 0.25) is 0 Å². The van der Waals surface area contributed by atoms with Gasteiger partial charge in [0.05, 0.1) is 12.3 Å². The highest BCUT2D eigenvalue weighted by Gasteiger charge is 2.21. The first-order valence-electron chi connectivity index (χ1n) is 7.77. The summed E-state index contributed by atoms with van der Waals surface area (Å²) in [4.78, 5) is 12.3. The molecule has 0 unspecified atom stereocenters. The standard InChI is InChI=1S/C19H20N2O2/c1-14-8-9-18(15(2)12-14)23-13-19(22)21-11-10-17(20-21)16-6-4-3-5-7-16/h3-9,12H,10-11,13H2,1-2H3. The van der Waals surface area contributed by atoms with Crippen molar-refractivity contribution in [2.24, 2.45) is 5.10 Å². The zero-order chi connectivity index (χ0) is 16.2. The lowest BCUT2D eigenvalue weighted by molar-refractivity contribution is -0.132. The molecule has 0 bridgehead atoms. The van der Waals surface area contributed by atoms with E-state index in [0.29, 0.717) is 6.54 Å². The van der Waals surface area contributed by atoms with E-state index in [1.807, 2.05) is 62.4 Å². The van der Waals surface area contributed by atoms with Crippen LogP contribution in [0.3, 0.4) is 0 Å². The molecule has 2 aromatic rings. The zero-order valence-electron chi connectivity index (χ0n) is 13.5. The van der Waals surface area contributed by atoms with E-state index in [1.54, 1.807) is 0 Å². The summed E-state index contributed by atoms with van der Waals surface area (Å²) in [6.07, 6.45) is 0.777. The Balaban J connectivity index is 1.62. The average Bonchev–Trinajstić information content (AvgIpc) is 3.05. The van der Waals surface area contributed by atoms with Crippen molar-refractivity contribution in [3.63, 3.8) is 0 Å². The number of rotatable bonds is 4. The van der Waals surface area contributed by atoms with E-state index in [4.69, 9.17) is 4.74 Å². The van der Waals surface area contributed by atoms with Crippen LogP contribution >= 0.6 is 0 Å². The fourth-order valence-corrected chi connectivity index (χ4v) is 2.65. The predicted molar refractivity (Wildman–Crippen MR) is 90.7 cm³/mol. The SMILES string of the molecule is Cc1ccc(OCC(=O)N2CCC(c3ccccc3)=N2)c(C)c1. The Bertz CT molecular complexity index is 738. The number of benzene rings is 2. The van der Waals surface area contributed by atoms with Gasteiger partial charge < -0.3 is 4.74 Å². The maximum absolute atomic E-state index is 12.3. The molecule has 2 aromatic carbocycles. The molecule has 0 saturated carbocycles. The molecule has 23 heavy (non-hydrogen) atoms. The van der Waals surface area contributed by atoms with Gasteiger partial charge in [-0.3, -0.25) is 4.79 Å². The highest BCUT2D eigenvalue weighted by molar-refractivity contribution is 6.02. The lowest BCUT2D eigenvalue weighted by Gasteiger charge is -2.13. The van der Waals surface area contributed by atoms with E-state index in [-0.39, 0.29) is 12.5 Å². The zero-order valence-corrected chi connectivity index (χ0v) is 13.5. The predicted octanol–water partition coefficient (Wildman–Crippen LogP) is 3.32. The minimum Gasteiger partial charge on any atom is -0.483 e. The van der Waals surface area contributed by atoms with E-state index in [1.165, 1.54) is 10.6 Å². The first kappa shape index (κ1) is 15.3. The highest BCUT2D eigenvalue weighted by Crippen LogP contribution is 2.19. The quantitative estimate of drug-likeness (QED) is 0.869. The largest absolute Gasteiger partial charge is 0.483 e. The molecule has 1 heterocycles. The van der Waals surface area contributed by atoms with Gasteiger partial charge in [-0.2, -0.15) is 5.10 Å². The maximum atomic E-state index is 12.3. The van der Waals surface area contributed by atoms with E-state index >= 15 is 0 Å². The molecule has 1 amide bonds. The van der Waals surface area contributed by atoms with Gasteiger partial charge in [-0.05, 0) is 31.0 Å². The van der Waals surface area contributed by atoms with E-state index in [0.717, 1.165) is 29.0 Å². The summed E-state index contributed by atoms with van der Waals surface area (Å²) < 4.78 is 5.65. The minimum absolute atomic E-state index is 0.00940. The third-order valence-corrected chi connectivity index (χ3v) is 3.88. The number of carbonyl (C=O) groups excluding carboxylic acids is 1. The Kier molecular flexibility index (Phi) is 4.42. The summed E-state index contributed by atoms with van der Waals surface area (Å²) in [5.74, 6) is 0.631. The topological polar surface area (TPSA) is 41.9 Å². The molecule has 1 aliphatic heterocycles. The van der Waals surface area contributed by atoms with Crippen molar-refractivity contribution >= 4 is 11.6 Å². The number of ether oxygens (including phenoxy) is 1.